The molecule has 0 aliphatic heterocycles. The SMILES string of the molecule is CC1(Nc2cc(Cl)c(F)cc2N)CCCCC1. The van der Waals surface area contributed by atoms with Gasteiger partial charge in [0.2, 0.25) is 0 Å². The topological polar surface area (TPSA) is 38.0 Å². The summed E-state index contributed by atoms with van der Waals surface area (Å²) >= 11 is 5.78. The number of nitrogen functional groups attached to an aromatic ring is 1. The van der Waals surface area contributed by atoms with Crippen molar-refractivity contribution in [3.8, 4) is 0 Å². The molecule has 0 amide bonds. The van der Waals surface area contributed by atoms with E-state index in [9.17, 15) is 4.39 Å². The molecule has 1 aromatic carbocycles. The van der Waals surface area contributed by atoms with Gasteiger partial charge in [0.15, 0.2) is 0 Å². The number of hydrogen-bond acceptors (Lipinski definition) is 2. The Morgan fingerprint density at radius 2 is 1.94 bits per heavy atom. The largest absolute Gasteiger partial charge is 0.397 e. The van der Waals surface area contributed by atoms with Crippen LogP contribution in [-0.2, 0) is 0 Å². The number of nitrogens with one attached hydrogen (secondary N) is 1. The number of halogens is 2. The van der Waals surface area contributed by atoms with Crippen LogP contribution in [0.5, 0.6) is 0 Å². The maximum atomic E-state index is 13.2. The molecule has 1 aliphatic carbocycles. The highest BCUT2D eigenvalue weighted by atomic mass is 35.5. The molecule has 17 heavy (non-hydrogen) atoms. The van der Waals surface area contributed by atoms with Crippen molar-refractivity contribution in [1.82, 2.24) is 0 Å². The summed E-state index contributed by atoms with van der Waals surface area (Å²) in [4.78, 5) is 0. The molecule has 0 saturated heterocycles. The highest BCUT2D eigenvalue weighted by molar-refractivity contribution is 6.31. The van der Waals surface area contributed by atoms with E-state index in [0.29, 0.717) is 5.69 Å². The average molecular weight is 257 g/mol. The molecule has 0 aromatic heterocycles. The Hall–Kier alpha value is -0.960. The molecule has 0 radical (unpaired) electrons. The molecular weight excluding hydrogens is 239 g/mol. The van der Waals surface area contributed by atoms with E-state index in [1.807, 2.05) is 0 Å². The first-order chi connectivity index (χ1) is 8.00. The van der Waals surface area contributed by atoms with Crippen molar-refractivity contribution in [3.05, 3.63) is 23.0 Å². The van der Waals surface area contributed by atoms with Gasteiger partial charge in [0.25, 0.3) is 0 Å². The molecule has 0 atom stereocenters. The van der Waals surface area contributed by atoms with E-state index in [4.69, 9.17) is 17.3 Å². The minimum absolute atomic E-state index is 0.0491. The van der Waals surface area contributed by atoms with Crippen LogP contribution in [0.3, 0.4) is 0 Å². The lowest BCUT2D eigenvalue weighted by atomic mass is 9.83. The predicted octanol–water partition coefficient (Wildman–Crippen LogP) is 4.20. The zero-order valence-corrected chi connectivity index (χ0v) is 10.8. The van der Waals surface area contributed by atoms with Crippen molar-refractivity contribution in [2.24, 2.45) is 0 Å². The molecule has 4 heteroatoms. The monoisotopic (exact) mass is 256 g/mol. The van der Waals surface area contributed by atoms with Crippen molar-refractivity contribution < 1.29 is 4.39 Å². The second kappa shape index (κ2) is 4.73. The molecule has 2 nitrogen and oxygen atoms in total. The third-order valence-corrected chi connectivity index (χ3v) is 3.78. The molecule has 0 heterocycles. The average Bonchev–Trinajstić information content (AvgIpc) is 2.26. The molecule has 1 fully saturated rings. The fourth-order valence-electron chi connectivity index (χ4n) is 2.45. The first-order valence-corrected chi connectivity index (χ1v) is 6.41. The molecule has 1 aromatic rings. The van der Waals surface area contributed by atoms with Gasteiger partial charge in [-0.15, -0.1) is 0 Å². The quantitative estimate of drug-likeness (QED) is 0.779. The number of nitrogens with two attached hydrogens (primary N) is 1. The summed E-state index contributed by atoms with van der Waals surface area (Å²) in [5, 5.41) is 3.53. The van der Waals surface area contributed by atoms with Gasteiger partial charge in [-0.2, -0.15) is 0 Å². The summed E-state index contributed by atoms with van der Waals surface area (Å²) in [5.41, 5.74) is 7.01. The summed E-state index contributed by atoms with van der Waals surface area (Å²) in [6.07, 6.45) is 5.95. The van der Waals surface area contributed by atoms with Crippen LogP contribution < -0.4 is 11.1 Å². The van der Waals surface area contributed by atoms with Crippen molar-refractivity contribution in [1.29, 1.82) is 0 Å². The van der Waals surface area contributed by atoms with Gasteiger partial charge in [-0.05, 0) is 25.8 Å². The standard InChI is InChI=1S/C13H18ClFN2/c1-13(5-3-2-4-6-13)17-12-7-9(14)10(15)8-11(12)16/h7-8,17H,2-6,16H2,1H3. The normalized spacial score (nSPS) is 19.0. The van der Waals surface area contributed by atoms with Crippen LogP contribution in [0.2, 0.25) is 5.02 Å². The van der Waals surface area contributed by atoms with E-state index in [1.54, 1.807) is 6.07 Å². The zero-order chi connectivity index (χ0) is 12.5. The number of benzene rings is 1. The Morgan fingerprint density at radius 1 is 1.29 bits per heavy atom. The van der Waals surface area contributed by atoms with Crippen molar-refractivity contribution in [2.45, 2.75) is 44.6 Å². The van der Waals surface area contributed by atoms with Crippen molar-refractivity contribution in [2.75, 3.05) is 11.1 Å². The number of anilines is 2. The highest BCUT2D eigenvalue weighted by Crippen LogP contribution is 2.34. The van der Waals surface area contributed by atoms with Crippen LogP contribution in [0.1, 0.15) is 39.0 Å². The molecular formula is C13H18ClFN2. The van der Waals surface area contributed by atoms with E-state index in [-0.39, 0.29) is 10.6 Å². The summed E-state index contributed by atoms with van der Waals surface area (Å²) in [5.74, 6) is -0.469. The second-order valence-electron chi connectivity index (χ2n) is 5.10. The molecule has 2 rings (SSSR count). The van der Waals surface area contributed by atoms with E-state index in [0.717, 1.165) is 18.5 Å². The van der Waals surface area contributed by atoms with Crippen molar-refractivity contribution in [3.63, 3.8) is 0 Å². The molecule has 0 bridgehead atoms. The summed E-state index contributed by atoms with van der Waals surface area (Å²) in [6.45, 7) is 2.18. The first kappa shape index (κ1) is 12.5. The van der Waals surface area contributed by atoms with Crippen LogP contribution in [0.4, 0.5) is 15.8 Å². The lowest BCUT2D eigenvalue weighted by molar-refractivity contribution is 0.349. The highest BCUT2D eigenvalue weighted by Gasteiger charge is 2.27. The fraction of sp³-hybridized carbons (Fsp3) is 0.538. The summed E-state index contributed by atoms with van der Waals surface area (Å²) < 4.78 is 13.2. The fourth-order valence-corrected chi connectivity index (χ4v) is 2.62. The minimum Gasteiger partial charge on any atom is -0.397 e. The molecule has 94 valence electrons. The second-order valence-corrected chi connectivity index (χ2v) is 5.51. The van der Waals surface area contributed by atoms with Crippen LogP contribution in [-0.4, -0.2) is 5.54 Å². The van der Waals surface area contributed by atoms with Gasteiger partial charge in [0, 0.05) is 11.6 Å². The van der Waals surface area contributed by atoms with Gasteiger partial charge >= 0.3 is 0 Å². The third-order valence-electron chi connectivity index (χ3n) is 3.49. The van der Waals surface area contributed by atoms with Crippen molar-refractivity contribution >= 4 is 23.0 Å². The maximum absolute atomic E-state index is 13.2. The van der Waals surface area contributed by atoms with Gasteiger partial charge in [-0.25, -0.2) is 4.39 Å². The summed E-state index contributed by atoms with van der Waals surface area (Å²) in [6, 6.07) is 2.85. The summed E-state index contributed by atoms with van der Waals surface area (Å²) in [7, 11) is 0. The van der Waals surface area contributed by atoms with Gasteiger partial charge in [-0.1, -0.05) is 30.9 Å². The number of rotatable bonds is 2. The molecule has 1 saturated carbocycles. The predicted molar refractivity (Wildman–Crippen MR) is 70.9 cm³/mol. The van der Waals surface area contributed by atoms with Gasteiger partial charge in [0.05, 0.1) is 16.4 Å². The van der Waals surface area contributed by atoms with Crippen LogP contribution in [0.25, 0.3) is 0 Å². The lowest BCUT2D eigenvalue weighted by Crippen LogP contribution is -2.37. The van der Waals surface area contributed by atoms with Gasteiger partial charge in [-0.3, -0.25) is 0 Å². The third kappa shape index (κ3) is 2.83. The van der Waals surface area contributed by atoms with E-state index in [2.05, 4.69) is 12.2 Å². The molecule has 0 spiro atoms. The van der Waals surface area contributed by atoms with Gasteiger partial charge < -0.3 is 11.1 Å². The molecule has 0 unspecified atom stereocenters. The maximum Gasteiger partial charge on any atom is 0.143 e. The van der Waals surface area contributed by atoms with Crippen LogP contribution in [0, 0.1) is 5.82 Å². The van der Waals surface area contributed by atoms with Crippen LogP contribution in [0.15, 0.2) is 12.1 Å². The minimum atomic E-state index is -0.469. The Labute approximate surface area is 106 Å². The van der Waals surface area contributed by atoms with E-state index < -0.39 is 5.82 Å². The Kier molecular flexibility index (Phi) is 3.48. The zero-order valence-electron chi connectivity index (χ0n) is 10.0. The molecule has 3 N–H and O–H groups in total. The first-order valence-electron chi connectivity index (χ1n) is 6.03. The van der Waals surface area contributed by atoms with E-state index >= 15 is 0 Å². The smallest absolute Gasteiger partial charge is 0.143 e. The number of hydrogen-bond donors (Lipinski definition) is 2. The molecule has 1 aliphatic rings. The van der Waals surface area contributed by atoms with Gasteiger partial charge in [0.1, 0.15) is 5.82 Å². The Balaban J connectivity index is 2.20. The Morgan fingerprint density at radius 3 is 2.59 bits per heavy atom. The van der Waals surface area contributed by atoms with Crippen LogP contribution >= 0.6 is 11.6 Å². The lowest BCUT2D eigenvalue weighted by Gasteiger charge is -2.36. The van der Waals surface area contributed by atoms with E-state index in [1.165, 1.54) is 25.3 Å². The Bertz CT molecular complexity index is 414.